The number of carbonyl (C=O) groups excluding carboxylic acids is 1. The predicted octanol–water partition coefficient (Wildman–Crippen LogP) is 2.99. The Bertz CT molecular complexity index is 504. The molecule has 1 aliphatic rings. The van der Waals surface area contributed by atoms with Crippen molar-refractivity contribution in [2.45, 2.75) is 38.1 Å². The monoisotopic (exact) mass is 310 g/mol. The smallest absolute Gasteiger partial charge is 0.322 e. The summed E-state index contributed by atoms with van der Waals surface area (Å²) in [4.78, 5) is 14.1. The Morgan fingerprint density at radius 1 is 1.36 bits per heavy atom. The fourth-order valence-corrected chi connectivity index (χ4v) is 2.90. The number of ether oxygens (including phenoxy) is 1. The standard InChI is InChI=1S/C16H23FN2O3/c1-22-15-10-12(17)9-13(11-15)18-16(21)19(7-8-20)14-5-3-2-4-6-14/h9-11,14,20H,2-8H2,1H3,(H,18,21). The van der Waals surface area contributed by atoms with Crippen LogP contribution < -0.4 is 10.1 Å². The number of methoxy groups -OCH3 is 1. The van der Waals surface area contributed by atoms with Crippen molar-refractivity contribution in [3.8, 4) is 5.75 Å². The maximum absolute atomic E-state index is 13.5. The maximum Gasteiger partial charge on any atom is 0.322 e. The van der Waals surface area contributed by atoms with Gasteiger partial charge in [0.25, 0.3) is 0 Å². The Morgan fingerprint density at radius 3 is 2.73 bits per heavy atom. The summed E-state index contributed by atoms with van der Waals surface area (Å²) < 4.78 is 18.5. The van der Waals surface area contributed by atoms with Gasteiger partial charge in [-0.3, -0.25) is 0 Å². The molecule has 5 nitrogen and oxygen atoms in total. The number of anilines is 1. The van der Waals surface area contributed by atoms with E-state index in [2.05, 4.69) is 5.32 Å². The van der Waals surface area contributed by atoms with Crippen LogP contribution in [0.2, 0.25) is 0 Å². The summed E-state index contributed by atoms with van der Waals surface area (Å²) in [5, 5.41) is 11.9. The zero-order valence-corrected chi connectivity index (χ0v) is 12.8. The number of amides is 2. The molecule has 1 saturated carbocycles. The summed E-state index contributed by atoms with van der Waals surface area (Å²) in [6.07, 6.45) is 5.26. The third kappa shape index (κ3) is 4.34. The Hall–Kier alpha value is -1.82. The van der Waals surface area contributed by atoms with Crippen LogP contribution in [0.15, 0.2) is 18.2 Å². The number of hydrogen-bond donors (Lipinski definition) is 2. The second-order valence-electron chi connectivity index (χ2n) is 5.52. The van der Waals surface area contributed by atoms with Crippen LogP contribution in [0.3, 0.4) is 0 Å². The van der Waals surface area contributed by atoms with Crippen LogP contribution in [0.1, 0.15) is 32.1 Å². The van der Waals surface area contributed by atoms with E-state index >= 15 is 0 Å². The second-order valence-corrected chi connectivity index (χ2v) is 5.52. The first-order chi connectivity index (χ1) is 10.6. The minimum Gasteiger partial charge on any atom is -0.497 e. The number of aliphatic hydroxyl groups excluding tert-OH is 1. The first-order valence-corrected chi connectivity index (χ1v) is 7.67. The van der Waals surface area contributed by atoms with Gasteiger partial charge in [-0.05, 0) is 18.9 Å². The minimum absolute atomic E-state index is 0.0869. The van der Waals surface area contributed by atoms with E-state index in [1.807, 2.05) is 0 Å². The van der Waals surface area contributed by atoms with Gasteiger partial charge in [0, 0.05) is 30.4 Å². The summed E-state index contributed by atoms with van der Waals surface area (Å²) in [6.45, 7) is 0.194. The number of benzene rings is 1. The van der Waals surface area contributed by atoms with E-state index in [9.17, 15) is 14.3 Å². The van der Waals surface area contributed by atoms with Gasteiger partial charge in [-0.25, -0.2) is 9.18 Å². The highest BCUT2D eigenvalue weighted by Crippen LogP contribution is 2.24. The van der Waals surface area contributed by atoms with Gasteiger partial charge in [0.1, 0.15) is 11.6 Å². The summed E-state index contributed by atoms with van der Waals surface area (Å²) in [5.41, 5.74) is 0.348. The van der Waals surface area contributed by atoms with E-state index in [4.69, 9.17) is 4.74 Å². The normalized spacial score (nSPS) is 15.4. The average molecular weight is 310 g/mol. The van der Waals surface area contributed by atoms with Crippen molar-refractivity contribution < 1.29 is 19.0 Å². The van der Waals surface area contributed by atoms with Crippen molar-refractivity contribution >= 4 is 11.7 Å². The molecule has 0 saturated heterocycles. The lowest BCUT2D eigenvalue weighted by atomic mass is 9.94. The number of hydrogen-bond acceptors (Lipinski definition) is 3. The largest absolute Gasteiger partial charge is 0.497 e. The molecule has 0 radical (unpaired) electrons. The van der Waals surface area contributed by atoms with Gasteiger partial charge in [-0.2, -0.15) is 0 Å². The van der Waals surface area contributed by atoms with Crippen molar-refractivity contribution in [3.63, 3.8) is 0 Å². The van der Waals surface area contributed by atoms with Crippen molar-refractivity contribution in [2.24, 2.45) is 0 Å². The number of nitrogens with zero attached hydrogens (tertiary/aromatic N) is 1. The summed E-state index contributed by atoms with van der Waals surface area (Å²) in [6, 6.07) is 3.89. The molecule has 122 valence electrons. The van der Waals surface area contributed by atoms with Crippen LogP contribution >= 0.6 is 0 Å². The quantitative estimate of drug-likeness (QED) is 0.879. The van der Waals surface area contributed by atoms with E-state index in [0.29, 0.717) is 11.4 Å². The number of rotatable bonds is 5. The molecule has 0 bridgehead atoms. The predicted molar refractivity (Wildman–Crippen MR) is 82.6 cm³/mol. The Balaban J connectivity index is 2.08. The highest BCUT2D eigenvalue weighted by atomic mass is 19.1. The van der Waals surface area contributed by atoms with Gasteiger partial charge < -0.3 is 20.1 Å². The lowest BCUT2D eigenvalue weighted by molar-refractivity contribution is 0.144. The molecule has 0 unspecified atom stereocenters. The Labute approximate surface area is 130 Å². The number of aliphatic hydroxyl groups is 1. The van der Waals surface area contributed by atoms with Crippen LogP contribution in [0.5, 0.6) is 5.75 Å². The SMILES string of the molecule is COc1cc(F)cc(NC(=O)N(CCO)C2CCCCC2)c1. The molecule has 0 atom stereocenters. The zero-order chi connectivity index (χ0) is 15.9. The summed E-state index contributed by atoms with van der Waals surface area (Å²) in [5.74, 6) is -0.123. The molecule has 2 rings (SSSR count). The van der Waals surface area contributed by atoms with E-state index < -0.39 is 5.82 Å². The van der Waals surface area contributed by atoms with Crippen LogP contribution in [0, 0.1) is 5.82 Å². The molecule has 22 heavy (non-hydrogen) atoms. The van der Waals surface area contributed by atoms with Crippen LogP contribution in [0.4, 0.5) is 14.9 Å². The van der Waals surface area contributed by atoms with E-state index in [1.165, 1.54) is 25.7 Å². The molecule has 1 fully saturated rings. The molecule has 1 aromatic rings. The minimum atomic E-state index is -0.471. The van der Waals surface area contributed by atoms with Gasteiger partial charge in [0.05, 0.1) is 13.7 Å². The molecule has 2 N–H and O–H groups in total. The fraction of sp³-hybridized carbons (Fsp3) is 0.562. The number of halogens is 1. The second kappa shape index (κ2) is 7.98. The topological polar surface area (TPSA) is 61.8 Å². The van der Waals surface area contributed by atoms with Gasteiger partial charge >= 0.3 is 6.03 Å². The van der Waals surface area contributed by atoms with Crippen molar-refractivity contribution in [3.05, 3.63) is 24.0 Å². The molecule has 0 heterocycles. The van der Waals surface area contributed by atoms with Crippen LogP contribution in [0.25, 0.3) is 0 Å². The van der Waals surface area contributed by atoms with Crippen molar-refractivity contribution in [1.82, 2.24) is 4.90 Å². The molecule has 1 aromatic carbocycles. The Morgan fingerprint density at radius 2 is 2.09 bits per heavy atom. The van der Waals surface area contributed by atoms with E-state index in [-0.39, 0.29) is 25.2 Å². The lowest BCUT2D eigenvalue weighted by Crippen LogP contribution is -2.45. The third-order valence-corrected chi connectivity index (χ3v) is 3.98. The highest BCUT2D eigenvalue weighted by molar-refractivity contribution is 5.89. The molecule has 0 aliphatic heterocycles. The van der Waals surface area contributed by atoms with Crippen molar-refractivity contribution in [2.75, 3.05) is 25.6 Å². The van der Waals surface area contributed by atoms with Gasteiger partial charge in [-0.1, -0.05) is 19.3 Å². The molecule has 1 aliphatic carbocycles. The third-order valence-electron chi connectivity index (χ3n) is 3.98. The molecule has 6 heteroatoms. The van der Waals surface area contributed by atoms with Crippen molar-refractivity contribution in [1.29, 1.82) is 0 Å². The molecular formula is C16H23FN2O3. The first-order valence-electron chi connectivity index (χ1n) is 7.67. The maximum atomic E-state index is 13.5. The van der Waals surface area contributed by atoms with E-state index in [1.54, 1.807) is 11.0 Å². The lowest BCUT2D eigenvalue weighted by Gasteiger charge is -2.34. The molecule has 0 aromatic heterocycles. The highest BCUT2D eigenvalue weighted by Gasteiger charge is 2.25. The Kier molecular flexibility index (Phi) is 6.00. The number of urea groups is 1. The molecule has 2 amide bonds. The van der Waals surface area contributed by atoms with Gasteiger partial charge in [0.2, 0.25) is 0 Å². The van der Waals surface area contributed by atoms with Gasteiger partial charge in [0.15, 0.2) is 0 Å². The molecule has 0 spiro atoms. The van der Waals surface area contributed by atoms with Gasteiger partial charge in [-0.15, -0.1) is 0 Å². The first kappa shape index (κ1) is 16.5. The average Bonchev–Trinajstić information content (AvgIpc) is 2.52. The zero-order valence-electron chi connectivity index (χ0n) is 12.8. The fourth-order valence-electron chi connectivity index (χ4n) is 2.90. The summed E-state index contributed by atoms with van der Waals surface area (Å²) in [7, 11) is 1.44. The van der Waals surface area contributed by atoms with E-state index in [0.717, 1.165) is 25.7 Å². The van der Waals surface area contributed by atoms with Crippen LogP contribution in [-0.4, -0.2) is 42.3 Å². The number of carbonyl (C=O) groups is 1. The summed E-state index contributed by atoms with van der Waals surface area (Å²) >= 11 is 0. The number of nitrogens with one attached hydrogen (secondary N) is 1. The molecular weight excluding hydrogens is 287 g/mol. The van der Waals surface area contributed by atoms with Crippen LogP contribution in [-0.2, 0) is 0 Å².